The summed E-state index contributed by atoms with van der Waals surface area (Å²) in [6, 6.07) is 15.3. The van der Waals surface area contributed by atoms with E-state index >= 15 is 0 Å². The quantitative estimate of drug-likeness (QED) is 0.623. The Bertz CT molecular complexity index is 835. The van der Waals surface area contributed by atoms with Gasteiger partial charge < -0.3 is 14.6 Å². The number of carbonyl (C=O) groups is 1. The molecule has 3 rings (SSSR count). The first-order valence-electron chi connectivity index (χ1n) is 9.83. The summed E-state index contributed by atoms with van der Waals surface area (Å²) < 4.78 is 12.4. The summed E-state index contributed by atoms with van der Waals surface area (Å²) in [5.41, 5.74) is 2.43. The first-order chi connectivity index (χ1) is 13.8. The van der Waals surface area contributed by atoms with Crippen molar-refractivity contribution >= 4 is 22.0 Å². The van der Waals surface area contributed by atoms with Crippen molar-refractivity contribution in [3.05, 3.63) is 69.7 Å². The predicted molar refractivity (Wildman–Crippen MR) is 116 cm³/mol. The first-order valence-corrected chi connectivity index (χ1v) is 10.6. The van der Waals surface area contributed by atoms with Crippen molar-refractivity contribution in [1.82, 2.24) is 4.90 Å². The Morgan fingerprint density at radius 2 is 1.90 bits per heavy atom. The molecule has 0 saturated heterocycles. The van der Waals surface area contributed by atoms with Gasteiger partial charge >= 0.3 is 6.09 Å². The van der Waals surface area contributed by atoms with E-state index in [2.05, 4.69) is 15.9 Å². The van der Waals surface area contributed by atoms with Gasteiger partial charge in [-0.2, -0.15) is 0 Å². The van der Waals surface area contributed by atoms with Crippen LogP contribution in [0.3, 0.4) is 0 Å². The molecule has 2 atom stereocenters. The highest BCUT2D eigenvalue weighted by atomic mass is 79.9. The van der Waals surface area contributed by atoms with E-state index in [1.165, 1.54) is 0 Å². The van der Waals surface area contributed by atoms with Crippen LogP contribution in [0.5, 0.6) is 0 Å². The number of aliphatic hydroxyl groups is 1. The number of halogens is 1. The standard InChI is InChI=1S/C23H28BrNO4/c1-23(2,3)29-22(27)25(12-13-28-15-16-8-5-4-6-9-16)21-17-10-7-11-19(24)18(17)14-20(21)26/h4-11,20-21,26H,12-15H2,1-3H3/t20-,21?/m0/s1. The van der Waals surface area contributed by atoms with Crippen LogP contribution < -0.4 is 0 Å². The van der Waals surface area contributed by atoms with Crippen LogP contribution in [0.2, 0.25) is 0 Å². The maximum absolute atomic E-state index is 13.0. The van der Waals surface area contributed by atoms with Gasteiger partial charge in [-0.15, -0.1) is 0 Å². The fourth-order valence-electron chi connectivity index (χ4n) is 3.56. The molecule has 1 N–H and O–H groups in total. The minimum atomic E-state index is -0.689. The number of nitrogens with zero attached hydrogens (tertiary/aromatic N) is 1. The Kier molecular flexibility index (Phi) is 6.98. The number of amides is 1. The number of fused-ring (bicyclic) bond motifs is 1. The summed E-state index contributed by atoms with van der Waals surface area (Å²) in [4.78, 5) is 14.6. The molecule has 0 aliphatic heterocycles. The van der Waals surface area contributed by atoms with Gasteiger partial charge in [0.05, 0.1) is 25.4 Å². The number of hydrogen-bond donors (Lipinski definition) is 1. The average Bonchev–Trinajstić information content (AvgIpc) is 2.98. The van der Waals surface area contributed by atoms with E-state index in [4.69, 9.17) is 9.47 Å². The van der Waals surface area contributed by atoms with E-state index in [-0.39, 0.29) is 0 Å². The van der Waals surface area contributed by atoms with Crippen LogP contribution in [-0.4, -0.2) is 41.0 Å². The minimum absolute atomic E-state index is 0.329. The molecule has 0 saturated carbocycles. The number of carbonyl (C=O) groups excluding carboxylic acids is 1. The Labute approximate surface area is 180 Å². The molecular weight excluding hydrogens is 434 g/mol. The molecule has 2 aromatic carbocycles. The van der Waals surface area contributed by atoms with E-state index < -0.39 is 23.8 Å². The number of aliphatic hydroxyl groups excluding tert-OH is 1. The third-order valence-electron chi connectivity index (χ3n) is 4.80. The highest BCUT2D eigenvalue weighted by molar-refractivity contribution is 9.10. The second-order valence-electron chi connectivity index (χ2n) is 8.24. The molecule has 2 aromatic rings. The third kappa shape index (κ3) is 5.59. The van der Waals surface area contributed by atoms with Crippen molar-refractivity contribution in [2.75, 3.05) is 13.2 Å². The van der Waals surface area contributed by atoms with E-state index in [1.54, 1.807) is 4.90 Å². The van der Waals surface area contributed by atoms with Crippen molar-refractivity contribution in [3.63, 3.8) is 0 Å². The lowest BCUT2D eigenvalue weighted by Crippen LogP contribution is -2.43. The fraction of sp³-hybridized carbons (Fsp3) is 0.435. The van der Waals surface area contributed by atoms with Crippen LogP contribution >= 0.6 is 15.9 Å². The monoisotopic (exact) mass is 461 g/mol. The van der Waals surface area contributed by atoms with Gasteiger partial charge in [-0.3, -0.25) is 4.90 Å². The molecule has 5 nitrogen and oxygen atoms in total. The van der Waals surface area contributed by atoms with Gasteiger partial charge in [-0.05, 0) is 43.5 Å². The largest absolute Gasteiger partial charge is 0.444 e. The summed E-state index contributed by atoms with van der Waals surface area (Å²) >= 11 is 3.56. The van der Waals surface area contributed by atoms with Crippen molar-refractivity contribution in [3.8, 4) is 0 Å². The average molecular weight is 462 g/mol. The van der Waals surface area contributed by atoms with Crippen molar-refractivity contribution < 1.29 is 19.4 Å². The maximum atomic E-state index is 13.0. The molecule has 0 heterocycles. The van der Waals surface area contributed by atoms with Gasteiger partial charge in [0.2, 0.25) is 0 Å². The summed E-state index contributed by atoms with van der Waals surface area (Å²) in [6.07, 6.45) is -0.644. The molecule has 0 spiro atoms. The topological polar surface area (TPSA) is 59.0 Å². The van der Waals surface area contributed by atoms with Crippen molar-refractivity contribution in [2.24, 2.45) is 0 Å². The summed E-state index contributed by atoms with van der Waals surface area (Å²) in [5, 5.41) is 10.8. The Balaban J connectivity index is 1.75. The first kappa shape index (κ1) is 21.8. The molecule has 6 heteroatoms. The van der Waals surface area contributed by atoms with Crippen molar-refractivity contribution in [1.29, 1.82) is 0 Å². The summed E-state index contributed by atoms with van der Waals surface area (Å²) in [5.74, 6) is 0. The number of hydrogen-bond acceptors (Lipinski definition) is 4. The van der Waals surface area contributed by atoms with Gasteiger partial charge in [0.15, 0.2) is 0 Å². The van der Waals surface area contributed by atoms with Crippen LogP contribution in [0.1, 0.15) is 43.5 Å². The number of benzene rings is 2. The molecule has 1 unspecified atom stereocenters. The lowest BCUT2D eigenvalue weighted by Gasteiger charge is -2.33. The normalized spacial score (nSPS) is 18.4. The smallest absolute Gasteiger partial charge is 0.410 e. The lowest BCUT2D eigenvalue weighted by molar-refractivity contribution is -0.0126. The molecule has 0 fully saturated rings. The Morgan fingerprint density at radius 3 is 2.59 bits per heavy atom. The fourth-order valence-corrected chi connectivity index (χ4v) is 4.11. The van der Waals surface area contributed by atoms with Gasteiger partial charge in [-0.25, -0.2) is 4.79 Å². The van der Waals surface area contributed by atoms with Crippen LogP contribution in [0.15, 0.2) is 53.0 Å². The molecule has 1 amide bonds. The van der Waals surface area contributed by atoms with Gasteiger partial charge in [-0.1, -0.05) is 58.4 Å². The second-order valence-corrected chi connectivity index (χ2v) is 9.09. The molecule has 0 bridgehead atoms. The zero-order valence-electron chi connectivity index (χ0n) is 17.1. The van der Waals surface area contributed by atoms with Gasteiger partial charge in [0, 0.05) is 17.4 Å². The highest BCUT2D eigenvalue weighted by Gasteiger charge is 2.40. The number of ether oxygens (including phenoxy) is 2. The lowest BCUT2D eigenvalue weighted by atomic mass is 10.1. The van der Waals surface area contributed by atoms with E-state index in [0.717, 1.165) is 21.2 Å². The zero-order chi connectivity index (χ0) is 21.0. The third-order valence-corrected chi connectivity index (χ3v) is 5.55. The molecule has 1 aliphatic carbocycles. The molecule has 1 aliphatic rings. The summed E-state index contributed by atoms with van der Waals surface area (Å²) in [6.45, 7) is 6.66. The maximum Gasteiger partial charge on any atom is 0.410 e. The second kappa shape index (κ2) is 9.28. The molecule has 156 valence electrons. The molecule has 29 heavy (non-hydrogen) atoms. The van der Waals surface area contributed by atoms with Gasteiger partial charge in [0.25, 0.3) is 0 Å². The minimum Gasteiger partial charge on any atom is -0.444 e. The van der Waals surface area contributed by atoms with Crippen LogP contribution in [0.25, 0.3) is 0 Å². The van der Waals surface area contributed by atoms with E-state index in [0.29, 0.717) is 26.2 Å². The predicted octanol–water partition coefficient (Wildman–Crippen LogP) is 4.86. The highest BCUT2D eigenvalue weighted by Crippen LogP contribution is 2.40. The zero-order valence-corrected chi connectivity index (χ0v) is 18.7. The molecule has 0 aromatic heterocycles. The van der Waals surface area contributed by atoms with Crippen LogP contribution in [0.4, 0.5) is 4.79 Å². The van der Waals surface area contributed by atoms with Crippen molar-refractivity contribution in [2.45, 2.75) is 51.5 Å². The Hall–Kier alpha value is -1.89. The SMILES string of the molecule is CC(C)(C)OC(=O)N(CCOCc1ccccc1)C1c2cccc(Br)c2C[C@@H]1O. The van der Waals surface area contributed by atoms with Gasteiger partial charge in [0.1, 0.15) is 5.60 Å². The Morgan fingerprint density at radius 1 is 1.17 bits per heavy atom. The van der Waals surface area contributed by atoms with Crippen LogP contribution in [0, 0.1) is 0 Å². The number of rotatable bonds is 6. The molecule has 0 radical (unpaired) electrons. The van der Waals surface area contributed by atoms with E-state index in [9.17, 15) is 9.90 Å². The molecular formula is C23H28BrNO4. The van der Waals surface area contributed by atoms with Crippen LogP contribution in [-0.2, 0) is 22.5 Å². The van der Waals surface area contributed by atoms with E-state index in [1.807, 2.05) is 69.3 Å². The summed E-state index contributed by atoms with van der Waals surface area (Å²) in [7, 11) is 0.